The molecule has 0 aliphatic rings. The average molecular weight is 405 g/mol. The molecule has 0 fully saturated rings. The summed E-state index contributed by atoms with van der Waals surface area (Å²) in [5.74, 6) is 0.953. The van der Waals surface area contributed by atoms with Crippen molar-refractivity contribution < 1.29 is 9.53 Å². The topological polar surface area (TPSA) is 102 Å². The summed E-state index contributed by atoms with van der Waals surface area (Å²) < 4.78 is 6.90. The van der Waals surface area contributed by atoms with Crippen LogP contribution >= 0.6 is 11.3 Å². The molecule has 0 unspecified atom stereocenters. The zero-order chi connectivity index (χ0) is 20.2. The first-order chi connectivity index (χ1) is 14.1. The average Bonchev–Trinajstić information content (AvgIpc) is 3.15. The highest BCUT2D eigenvalue weighted by Crippen LogP contribution is 2.31. The third-order valence-corrected chi connectivity index (χ3v) is 5.19. The van der Waals surface area contributed by atoms with Crippen LogP contribution in [-0.2, 0) is 6.54 Å². The normalized spacial score (nSPS) is 10.7. The molecular formula is C21H19N5O2S. The van der Waals surface area contributed by atoms with Gasteiger partial charge in [-0.05, 0) is 35.9 Å². The predicted molar refractivity (Wildman–Crippen MR) is 116 cm³/mol. The molecule has 2 aromatic heterocycles. The second kappa shape index (κ2) is 8.15. The highest BCUT2D eigenvalue weighted by Gasteiger charge is 2.09. The SMILES string of the molecule is CNC(=O)c1cc(Oc2ccc3nc(NCc4ccc(N)cc4)sc3c2)ccn1. The van der Waals surface area contributed by atoms with Crippen molar-refractivity contribution in [3.63, 3.8) is 0 Å². The van der Waals surface area contributed by atoms with E-state index in [0.717, 1.165) is 26.6 Å². The van der Waals surface area contributed by atoms with E-state index in [-0.39, 0.29) is 5.91 Å². The summed E-state index contributed by atoms with van der Waals surface area (Å²) in [5.41, 5.74) is 8.79. The van der Waals surface area contributed by atoms with E-state index in [2.05, 4.69) is 20.6 Å². The molecular weight excluding hydrogens is 386 g/mol. The maximum atomic E-state index is 11.7. The first-order valence-corrected chi connectivity index (χ1v) is 9.77. The number of nitrogens with zero attached hydrogens (tertiary/aromatic N) is 2. The van der Waals surface area contributed by atoms with Gasteiger partial charge in [0.05, 0.1) is 10.2 Å². The lowest BCUT2D eigenvalue weighted by Gasteiger charge is -2.06. The van der Waals surface area contributed by atoms with E-state index in [1.807, 2.05) is 42.5 Å². The molecule has 4 aromatic rings. The number of nitrogens with one attached hydrogen (secondary N) is 2. The lowest BCUT2D eigenvalue weighted by atomic mass is 10.2. The van der Waals surface area contributed by atoms with Gasteiger partial charge in [0.2, 0.25) is 0 Å². The lowest BCUT2D eigenvalue weighted by Crippen LogP contribution is -2.18. The molecule has 0 aliphatic carbocycles. The summed E-state index contributed by atoms with van der Waals surface area (Å²) in [6.45, 7) is 0.669. The number of hydrogen-bond acceptors (Lipinski definition) is 7. The van der Waals surface area contributed by atoms with Gasteiger partial charge < -0.3 is 21.1 Å². The molecule has 7 nitrogen and oxygen atoms in total. The van der Waals surface area contributed by atoms with Gasteiger partial charge in [-0.25, -0.2) is 4.98 Å². The molecule has 4 rings (SSSR count). The number of aromatic nitrogens is 2. The molecule has 1 amide bonds. The molecule has 4 N–H and O–H groups in total. The van der Waals surface area contributed by atoms with Gasteiger partial charge in [0.15, 0.2) is 5.13 Å². The zero-order valence-electron chi connectivity index (χ0n) is 15.7. The Kier molecular flexibility index (Phi) is 5.26. The van der Waals surface area contributed by atoms with Gasteiger partial charge in [0.25, 0.3) is 5.91 Å². The number of benzene rings is 2. The fraction of sp³-hybridized carbons (Fsp3) is 0.0952. The van der Waals surface area contributed by atoms with Crippen molar-refractivity contribution in [1.82, 2.24) is 15.3 Å². The fourth-order valence-corrected chi connectivity index (χ4v) is 3.61. The van der Waals surface area contributed by atoms with Crippen LogP contribution in [-0.4, -0.2) is 22.9 Å². The number of hydrogen-bond donors (Lipinski definition) is 3. The van der Waals surface area contributed by atoms with Crippen molar-refractivity contribution >= 4 is 38.3 Å². The van der Waals surface area contributed by atoms with Crippen LogP contribution in [0.5, 0.6) is 11.5 Å². The minimum Gasteiger partial charge on any atom is -0.457 e. The summed E-state index contributed by atoms with van der Waals surface area (Å²) in [6, 6.07) is 16.8. The van der Waals surface area contributed by atoms with Gasteiger partial charge >= 0.3 is 0 Å². The van der Waals surface area contributed by atoms with Gasteiger partial charge in [-0.1, -0.05) is 23.5 Å². The van der Waals surface area contributed by atoms with Crippen molar-refractivity contribution in [1.29, 1.82) is 0 Å². The molecule has 0 spiro atoms. The van der Waals surface area contributed by atoms with Crippen LogP contribution in [0.2, 0.25) is 0 Å². The molecule has 2 heterocycles. The number of nitrogen functional groups attached to an aromatic ring is 1. The van der Waals surface area contributed by atoms with Crippen LogP contribution in [0.15, 0.2) is 60.8 Å². The van der Waals surface area contributed by atoms with Crippen molar-refractivity contribution in [2.75, 3.05) is 18.1 Å². The van der Waals surface area contributed by atoms with Crippen LogP contribution < -0.4 is 21.1 Å². The third-order valence-electron chi connectivity index (χ3n) is 4.21. The molecule has 0 radical (unpaired) electrons. The molecule has 2 aromatic carbocycles. The molecule has 29 heavy (non-hydrogen) atoms. The Hall–Kier alpha value is -3.65. The second-order valence-electron chi connectivity index (χ2n) is 6.30. The molecule has 0 bridgehead atoms. The van der Waals surface area contributed by atoms with Gasteiger partial charge in [0, 0.05) is 37.6 Å². The van der Waals surface area contributed by atoms with E-state index in [4.69, 9.17) is 10.5 Å². The maximum absolute atomic E-state index is 11.7. The summed E-state index contributed by atoms with van der Waals surface area (Å²) in [4.78, 5) is 20.4. The van der Waals surface area contributed by atoms with Gasteiger partial charge in [-0.2, -0.15) is 0 Å². The number of carbonyl (C=O) groups is 1. The Morgan fingerprint density at radius 3 is 2.69 bits per heavy atom. The van der Waals surface area contributed by atoms with Crippen LogP contribution in [0.25, 0.3) is 10.2 Å². The first-order valence-electron chi connectivity index (χ1n) is 8.95. The van der Waals surface area contributed by atoms with Crippen molar-refractivity contribution in [3.05, 3.63) is 72.1 Å². The molecule has 0 saturated heterocycles. The third kappa shape index (κ3) is 4.44. The van der Waals surface area contributed by atoms with E-state index < -0.39 is 0 Å². The summed E-state index contributed by atoms with van der Waals surface area (Å²) in [5, 5.41) is 6.72. The van der Waals surface area contributed by atoms with Crippen LogP contribution in [0.3, 0.4) is 0 Å². The Labute approximate surface area is 171 Å². The van der Waals surface area contributed by atoms with E-state index >= 15 is 0 Å². The summed E-state index contributed by atoms with van der Waals surface area (Å²) >= 11 is 1.55. The van der Waals surface area contributed by atoms with Crippen molar-refractivity contribution in [2.24, 2.45) is 0 Å². The minimum absolute atomic E-state index is 0.259. The number of ether oxygens (including phenoxy) is 1. The fourth-order valence-electron chi connectivity index (χ4n) is 2.72. The number of amides is 1. The van der Waals surface area contributed by atoms with E-state index in [1.54, 1.807) is 36.7 Å². The van der Waals surface area contributed by atoms with Crippen LogP contribution in [0, 0.1) is 0 Å². The van der Waals surface area contributed by atoms with Gasteiger partial charge in [-0.15, -0.1) is 0 Å². The van der Waals surface area contributed by atoms with Gasteiger partial charge in [0.1, 0.15) is 17.2 Å². The Balaban J connectivity index is 1.48. The highest BCUT2D eigenvalue weighted by atomic mass is 32.1. The number of anilines is 2. The van der Waals surface area contributed by atoms with Crippen molar-refractivity contribution in [2.45, 2.75) is 6.54 Å². The molecule has 0 saturated carbocycles. The number of fused-ring (bicyclic) bond motifs is 1. The Morgan fingerprint density at radius 1 is 1.10 bits per heavy atom. The molecule has 8 heteroatoms. The highest BCUT2D eigenvalue weighted by molar-refractivity contribution is 7.22. The molecule has 0 atom stereocenters. The molecule has 146 valence electrons. The van der Waals surface area contributed by atoms with Crippen LogP contribution in [0.4, 0.5) is 10.8 Å². The van der Waals surface area contributed by atoms with E-state index in [9.17, 15) is 4.79 Å². The smallest absolute Gasteiger partial charge is 0.269 e. The Bertz CT molecular complexity index is 1160. The number of carbonyl (C=O) groups excluding carboxylic acids is 1. The summed E-state index contributed by atoms with van der Waals surface area (Å²) in [6.07, 6.45) is 1.55. The summed E-state index contributed by atoms with van der Waals surface area (Å²) in [7, 11) is 1.56. The first kappa shape index (κ1) is 18.7. The Morgan fingerprint density at radius 2 is 1.90 bits per heavy atom. The number of nitrogens with two attached hydrogens (primary N) is 1. The minimum atomic E-state index is -0.259. The number of thiazole rings is 1. The largest absolute Gasteiger partial charge is 0.457 e. The monoisotopic (exact) mass is 405 g/mol. The predicted octanol–water partition coefficient (Wildman–Crippen LogP) is 4.04. The van der Waals surface area contributed by atoms with Gasteiger partial charge in [-0.3, -0.25) is 9.78 Å². The maximum Gasteiger partial charge on any atom is 0.269 e. The second-order valence-corrected chi connectivity index (χ2v) is 7.33. The zero-order valence-corrected chi connectivity index (χ0v) is 16.5. The van der Waals surface area contributed by atoms with E-state index in [1.165, 1.54) is 0 Å². The molecule has 0 aliphatic heterocycles. The van der Waals surface area contributed by atoms with E-state index in [0.29, 0.717) is 23.7 Å². The van der Waals surface area contributed by atoms with Crippen LogP contribution in [0.1, 0.15) is 16.1 Å². The number of pyridine rings is 1. The number of rotatable bonds is 6. The quantitative estimate of drug-likeness (QED) is 0.419. The lowest BCUT2D eigenvalue weighted by molar-refractivity contribution is 0.0958. The van der Waals surface area contributed by atoms with Crippen molar-refractivity contribution in [3.8, 4) is 11.5 Å². The standard InChI is InChI=1S/C21H19N5O2S/c1-23-20(27)18-10-16(8-9-24-18)28-15-6-7-17-19(11-15)29-21(26-17)25-12-13-2-4-14(22)5-3-13/h2-11H,12,22H2,1H3,(H,23,27)(H,25,26).